The average Bonchev–Trinajstić information content (AvgIpc) is 3.16. The lowest BCUT2D eigenvalue weighted by Crippen LogP contribution is -2.52. The Morgan fingerprint density at radius 3 is 2.96 bits per heavy atom. The summed E-state index contributed by atoms with van der Waals surface area (Å²) in [7, 11) is 0. The summed E-state index contributed by atoms with van der Waals surface area (Å²) in [6.45, 7) is 11.5. The molecule has 2 aliphatic rings. The Balaban J connectivity index is 1.62. The number of aromatic nitrogens is 3. The fourth-order valence-electron chi connectivity index (χ4n) is 3.61. The first kappa shape index (κ1) is 15.5. The molecule has 2 saturated heterocycles. The molecular formula is C16H24N4O2S. The van der Waals surface area contributed by atoms with Crippen LogP contribution in [0.2, 0.25) is 0 Å². The monoisotopic (exact) mass is 336 g/mol. The van der Waals surface area contributed by atoms with E-state index in [0.29, 0.717) is 5.92 Å². The second-order valence-electron chi connectivity index (χ2n) is 6.96. The van der Waals surface area contributed by atoms with Crippen LogP contribution in [0, 0.1) is 6.92 Å². The predicted molar refractivity (Wildman–Crippen MR) is 89.1 cm³/mol. The second kappa shape index (κ2) is 5.81. The van der Waals surface area contributed by atoms with E-state index in [9.17, 15) is 0 Å². The van der Waals surface area contributed by atoms with E-state index in [4.69, 9.17) is 14.5 Å². The third-order valence-corrected chi connectivity index (χ3v) is 5.57. The van der Waals surface area contributed by atoms with E-state index in [1.807, 2.05) is 11.4 Å². The normalized spacial score (nSPS) is 26.1. The highest BCUT2D eigenvalue weighted by atomic mass is 32.1. The van der Waals surface area contributed by atoms with E-state index in [2.05, 4.69) is 23.8 Å². The summed E-state index contributed by atoms with van der Waals surface area (Å²) in [5.74, 6) is 0.407. The fraction of sp³-hybridized carbons (Fsp3) is 0.750. The molecule has 126 valence electrons. The zero-order valence-corrected chi connectivity index (χ0v) is 14.9. The smallest absolute Gasteiger partial charge is 0.212 e. The number of morpholine rings is 1. The topological polar surface area (TPSA) is 51.9 Å². The predicted octanol–water partition coefficient (Wildman–Crippen LogP) is 2.21. The van der Waals surface area contributed by atoms with Crippen LogP contribution in [-0.4, -0.2) is 58.0 Å². The van der Waals surface area contributed by atoms with Crippen molar-refractivity contribution in [3.05, 3.63) is 16.4 Å². The number of hydrogen-bond donors (Lipinski definition) is 0. The minimum atomic E-state index is -0.0992. The Morgan fingerprint density at radius 2 is 2.22 bits per heavy atom. The molecule has 4 heterocycles. The maximum Gasteiger partial charge on any atom is 0.212 e. The third kappa shape index (κ3) is 2.80. The molecule has 2 fully saturated rings. The van der Waals surface area contributed by atoms with Gasteiger partial charge < -0.3 is 9.47 Å². The molecule has 1 spiro atoms. The van der Waals surface area contributed by atoms with E-state index in [0.717, 1.165) is 55.8 Å². The van der Waals surface area contributed by atoms with Crippen molar-refractivity contribution < 1.29 is 9.47 Å². The van der Waals surface area contributed by atoms with E-state index >= 15 is 0 Å². The van der Waals surface area contributed by atoms with Crippen LogP contribution in [0.1, 0.15) is 42.6 Å². The van der Waals surface area contributed by atoms with E-state index in [1.54, 1.807) is 11.3 Å². The van der Waals surface area contributed by atoms with Crippen molar-refractivity contribution in [3.63, 3.8) is 0 Å². The van der Waals surface area contributed by atoms with Crippen LogP contribution in [0.4, 0.5) is 0 Å². The molecule has 0 aromatic carbocycles. The van der Waals surface area contributed by atoms with Crippen LogP contribution in [0.3, 0.4) is 0 Å². The highest BCUT2D eigenvalue weighted by Gasteiger charge is 2.40. The first-order chi connectivity index (χ1) is 11.1. The number of ether oxygens (including phenoxy) is 2. The Morgan fingerprint density at radius 1 is 1.35 bits per heavy atom. The van der Waals surface area contributed by atoms with Gasteiger partial charge in [0.25, 0.3) is 0 Å². The molecule has 4 rings (SSSR count). The van der Waals surface area contributed by atoms with Crippen molar-refractivity contribution in [1.82, 2.24) is 19.5 Å². The molecule has 0 aliphatic carbocycles. The minimum absolute atomic E-state index is 0.0992. The lowest BCUT2D eigenvalue weighted by atomic mass is 10.0. The summed E-state index contributed by atoms with van der Waals surface area (Å²) >= 11 is 1.66. The lowest BCUT2D eigenvalue weighted by molar-refractivity contribution is -0.111. The molecule has 1 atom stereocenters. The van der Waals surface area contributed by atoms with E-state index in [-0.39, 0.29) is 5.60 Å². The van der Waals surface area contributed by atoms with Gasteiger partial charge in [0.2, 0.25) is 4.96 Å². The minimum Gasteiger partial charge on any atom is -0.378 e. The summed E-state index contributed by atoms with van der Waals surface area (Å²) in [5, 5.41) is 5.72. The van der Waals surface area contributed by atoms with Gasteiger partial charge in [0.05, 0.1) is 24.6 Å². The Kier molecular flexibility index (Phi) is 3.91. The molecule has 6 nitrogen and oxygen atoms in total. The summed E-state index contributed by atoms with van der Waals surface area (Å²) < 4.78 is 13.7. The molecule has 0 saturated carbocycles. The molecule has 0 amide bonds. The first-order valence-corrected chi connectivity index (χ1v) is 9.17. The van der Waals surface area contributed by atoms with Crippen molar-refractivity contribution in [2.24, 2.45) is 0 Å². The van der Waals surface area contributed by atoms with Crippen LogP contribution in [0.5, 0.6) is 0 Å². The fourth-order valence-corrected chi connectivity index (χ4v) is 4.38. The average molecular weight is 336 g/mol. The Labute approximate surface area is 140 Å². The molecule has 7 heteroatoms. The van der Waals surface area contributed by atoms with Crippen LogP contribution in [0.25, 0.3) is 4.96 Å². The SMILES string of the molecule is Cc1nn2c(CN3CCOC4(CCOC4)C3)c(C(C)C)nc2s1. The molecular weight excluding hydrogens is 312 g/mol. The van der Waals surface area contributed by atoms with E-state index < -0.39 is 0 Å². The van der Waals surface area contributed by atoms with Crippen molar-refractivity contribution in [3.8, 4) is 0 Å². The van der Waals surface area contributed by atoms with Crippen molar-refractivity contribution in [2.45, 2.75) is 45.3 Å². The van der Waals surface area contributed by atoms with Crippen LogP contribution < -0.4 is 0 Å². The van der Waals surface area contributed by atoms with Gasteiger partial charge in [0, 0.05) is 32.7 Å². The largest absolute Gasteiger partial charge is 0.378 e. The molecule has 2 aromatic heterocycles. The van der Waals surface area contributed by atoms with Gasteiger partial charge in [-0.2, -0.15) is 5.10 Å². The maximum atomic E-state index is 6.04. The summed E-state index contributed by atoms with van der Waals surface area (Å²) in [6, 6.07) is 0. The van der Waals surface area contributed by atoms with Gasteiger partial charge in [0.15, 0.2) is 0 Å². The molecule has 0 radical (unpaired) electrons. The number of imidazole rings is 1. The highest BCUT2D eigenvalue weighted by molar-refractivity contribution is 7.16. The van der Waals surface area contributed by atoms with Gasteiger partial charge in [-0.1, -0.05) is 25.2 Å². The van der Waals surface area contributed by atoms with Crippen LogP contribution in [-0.2, 0) is 16.0 Å². The molecule has 2 aliphatic heterocycles. The van der Waals surface area contributed by atoms with Gasteiger partial charge in [-0.15, -0.1) is 0 Å². The quantitative estimate of drug-likeness (QED) is 0.860. The zero-order valence-electron chi connectivity index (χ0n) is 14.0. The number of nitrogens with zero attached hydrogens (tertiary/aromatic N) is 4. The number of hydrogen-bond acceptors (Lipinski definition) is 6. The lowest BCUT2D eigenvalue weighted by Gasteiger charge is -2.39. The Bertz CT molecular complexity index is 702. The van der Waals surface area contributed by atoms with E-state index in [1.165, 1.54) is 11.4 Å². The molecule has 23 heavy (non-hydrogen) atoms. The number of fused-ring (bicyclic) bond motifs is 1. The van der Waals surface area contributed by atoms with Gasteiger partial charge >= 0.3 is 0 Å². The van der Waals surface area contributed by atoms with Crippen molar-refractivity contribution in [1.29, 1.82) is 0 Å². The summed E-state index contributed by atoms with van der Waals surface area (Å²) in [4.78, 5) is 8.31. The number of aryl methyl sites for hydroxylation is 1. The first-order valence-electron chi connectivity index (χ1n) is 8.35. The third-order valence-electron chi connectivity index (χ3n) is 4.74. The van der Waals surface area contributed by atoms with Gasteiger partial charge in [-0.25, -0.2) is 9.50 Å². The van der Waals surface area contributed by atoms with Crippen LogP contribution >= 0.6 is 11.3 Å². The molecule has 0 bridgehead atoms. The molecule has 0 N–H and O–H groups in total. The summed E-state index contributed by atoms with van der Waals surface area (Å²) in [5.41, 5.74) is 2.31. The van der Waals surface area contributed by atoms with Crippen molar-refractivity contribution in [2.75, 3.05) is 32.9 Å². The summed E-state index contributed by atoms with van der Waals surface area (Å²) in [6.07, 6.45) is 0.998. The molecule has 1 unspecified atom stereocenters. The maximum absolute atomic E-state index is 6.04. The Hall–Kier alpha value is -1.02. The second-order valence-corrected chi connectivity index (χ2v) is 8.12. The molecule has 2 aromatic rings. The number of rotatable bonds is 3. The van der Waals surface area contributed by atoms with Crippen LogP contribution in [0.15, 0.2) is 0 Å². The highest BCUT2D eigenvalue weighted by Crippen LogP contribution is 2.30. The van der Waals surface area contributed by atoms with Gasteiger partial charge in [-0.3, -0.25) is 4.90 Å². The van der Waals surface area contributed by atoms with Gasteiger partial charge in [-0.05, 0) is 12.8 Å². The van der Waals surface area contributed by atoms with Gasteiger partial charge in [0.1, 0.15) is 10.6 Å². The standard InChI is InChI=1S/C16H24N4O2S/c1-11(2)14-13(20-15(17-14)23-12(3)18-20)8-19-5-7-22-16(9-19)4-6-21-10-16/h11H,4-10H2,1-3H3. The van der Waals surface area contributed by atoms with Crippen molar-refractivity contribution >= 4 is 16.3 Å². The zero-order chi connectivity index (χ0) is 16.0.